The van der Waals surface area contributed by atoms with Gasteiger partial charge in [-0.15, -0.1) is 0 Å². The molecule has 0 N–H and O–H groups in total. The first-order valence-electron chi connectivity index (χ1n) is 11.7. The Morgan fingerprint density at radius 2 is 1.84 bits per heavy atom. The van der Waals surface area contributed by atoms with E-state index in [1.807, 2.05) is 19.9 Å². The Bertz CT molecular complexity index is 691. The molecule has 174 valence electrons. The third-order valence-electron chi connectivity index (χ3n) is 6.12. The Morgan fingerprint density at radius 1 is 1.16 bits per heavy atom. The van der Waals surface area contributed by atoms with Crippen LogP contribution < -0.4 is 29.6 Å². The largest absolute Gasteiger partial charge is 1.00 e. The predicted molar refractivity (Wildman–Crippen MR) is 124 cm³/mol. The number of carbonyl (C=O) groups excluding carboxylic acids is 2. The minimum atomic E-state index is -3.20. The predicted octanol–water partition coefficient (Wildman–Crippen LogP) is 3.13. The molecule has 0 amide bonds. The van der Waals surface area contributed by atoms with E-state index in [2.05, 4.69) is 24.3 Å². The number of hydrogen-bond acceptors (Lipinski definition) is 5. The molecule has 0 heterocycles. The first-order chi connectivity index (χ1) is 15.0. The van der Waals surface area contributed by atoms with E-state index in [1.165, 1.54) is 37.7 Å². The Morgan fingerprint density at radius 3 is 2.44 bits per heavy atom. The van der Waals surface area contributed by atoms with Gasteiger partial charge in [-0.1, -0.05) is 69.6 Å². The van der Waals surface area contributed by atoms with Crippen molar-refractivity contribution in [1.29, 1.82) is 0 Å². The number of hydrogen-bond donors (Lipinski definition) is 0. The minimum absolute atomic E-state index is 0. The monoisotopic (exact) mass is 472 g/mol. The molecule has 1 aliphatic carbocycles. The first kappa shape index (κ1) is 29.7. The van der Waals surface area contributed by atoms with Gasteiger partial charge in [0.25, 0.3) is 0 Å². The van der Waals surface area contributed by atoms with Crippen LogP contribution in [-0.4, -0.2) is 37.8 Å². The maximum absolute atomic E-state index is 13.4. The van der Waals surface area contributed by atoms with Crippen LogP contribution in [0.1, 0.15) is 76.7 Å². The van der Waals surface area contributed by atoms with Gasteiger partial charge in [0.2, 0.25) is 0 Å². The summed E-state index contributed by atoms with van der Waals surface area (Å²) in [4.78, 5) is 21.7. The van der Waals surface area contributed by atoms with Crippen molar-refractivity contribution >= 4 is 19.9 Å². The Labute approximate surface area is 216 Å². The molecule has 0 saturated heterocycles. The fourth-order valence-electron chi connectivity index (χ4n) is 4.50. The van der Waals surface area contributed by atoms with Crippen LogP contribution >= 0.6 is 7.37 Å². The van der Waals surface area contributed by atoms with Crippen LogP contribution in [-0.2, 0) is 23.4 Å². The molecule has 0 aromatic heterocycles. The molecule has 1 aromatic rings. The summed E-state index contributed by atoms with van der Waals surface area (Å²) in [6, 6.07) is 10.6. The molecule has 1 aliphatic rings. The molecule has 0 bridgehead atoms. The van der Waals surface area contributed by atoms with E-state index in [4.69, 9.17) is 9.26 Å². The summed E-state index contributed by atoms with van der Waals surface area (Å²) in [5, 5.41) is 0. The molecule has 1 aromatic carbocycles. The molecule has 0 spiro atoms. The molecule has 2 rings (SSSR count). The van der Waals surface area contributed by atoms with Gasteiger partial charge in [-0.05, 0) is 43.1 Å². The van der Waals surface area contributed by atoms with E-state index >= 15 is 0 Å². The summed E-state index contributed by atoms with van der Waals surface area (Å²) < 4.78 is 24.9. The Hall–Kier alpha value is -0.290. The van der Waals surface area contributed by atoms with Crippen molar-refractivity contribution in [1.82, 2.24) is 0 Å². The molecule has 0 aliphatic heterocycles. The molecule has 3 atom stereocenters. The van der Waals surface area contributed by atoms with E-state index in [0.717, 1.165) is 19.1 Å². The van der Waals surface area contributed by atoms with Gasteiger partial charge in [0.05, 0.1) is 6.61 Å². The second-order valence-corrected chi connectivity index (χ2v) is 11.5. The van der Waals surface area contributed by atoms with Gasteiger partial charge in [-0.3, -0.25) is 15.4 Å². The average Bonchev–Trinajstić information content (AvgIpc) is 2.77. The zero-order valence-corrected chi connectivity index (χ0v) is 22.9. The van der Waals surface area contributed by atoms with Crippen LogP contribution in [0.25, 0.3) is 0 Å². The van der Waals surface area contributed by atoms with Crippen molar-refractivity contribution in [3.05, 3.63) is 35.9 Å². The van der Waals surface area contributed by atoms with E-state index < -0.39 is 13.7 Å². The van der Waals surface area contributed by atoms with Crippen LogP contribution in [0.4, 0.5) is 0 Å². The second kappa shape index (κ2) is 16.4. The standard InChI is InChI=1S/C25H38O5P.Na/c1-21(2)25(29-18-10-16-26)30-31(28,20-17-27)19-9-15-24(22-11-5-3-6-12-22)23-13-7-4-8-14-23;/h3,5-6,11-12,16,21,23-25H,4,7-10,13-15,18-20H2,1-2H3;/q-1;+1. The summed E-state index contributed by atoms with van der Waals surface area (Å²) in [7, 11) is -3.20. The third kappa shape index (κ3) is 10.3. The summed E-state index contributed by atoms with van der Waals surface area (Å²) >= 11 is 0. The molecular formula is C25H38NaO5P. The van der Waals surface area contributed by atoms with Crippen LogP contribution in [0, 0.1) is 11.8 Å². The van der Waals surface area contributed by atoms with Crippen molar-refractivity contribution in [3.63, 3.8) is 0 Å². The molecular weight excluding hydrogens is 434 g/mol. The molecule has 1 saturated carbocycles. The van der Waals surface area contributed by atoms with Gasteiger partial charge in [-0.25, -0.2) is 0 Å². The molecule has 0 radical (unpaired) electrons. The number of rotatable bonds is 15. The van der Waals surface area contributed by atoms with Crippen molar-refractivity contribution in [2.24, 2.45) is 11.8 Å². The number of aldehydes is 1. The van der Waals surface area contributed by atoms with Crippen LogP contribution in [0.15, 0.2) is 30.3 Å². The van der Waals surface area contributed by atoms with Crippen LogP contribution in [0.2, 0.25) is 0 Å². The zero-order valence-electron chi connectivity index (χ0n) is 20.0. The smallest absolute Gasteiger partial charge is 0.541 e. The molecule has 5 nitrogen and oxygen atoms in total. The average molecular weight is 473 g/mol. The molecule has 3 unspecified atom stereocenters. The fraction of sp³-hybridized carbons (Fsp3) is 0.680. The van der Waals surface area contributed by atoms with E-state index in [9.17, 15) is 14.2 Å². The van der Waals surface area contributed by atoms with Gasteiger partial charge in [0.15, 0.2) is 13.7 Å². The van der Waals surface area contributed by atoms with Gasteiger partial charge in [-0.2, -0.15) is 0 Å². The number of benzene rings is 1. The van der Waals surface area contributed by atoms with E-state index in [1.54, 1.807) is 6.29 Å². The Balaban J connectivity index is 0.00000512. The minimum Gasteiger partial charge on any atom is -0.541 e. The van der Waals surface area contributed by atoms with Crippen molar-refractivity contribution in [2.75, 3.05) is 18.9 Å². The summed E-state index contributed by atoms with van der Waals surface area (Å²) in [6.45, 7) is 4.04. The topological polar surface area (TPSA) is 69.7 Å². The summed E-state index contributed by atoms with van der Waals surface area (Å²) in [6.07, 6.45) is 10.3. The van der Waals surface area contributed by atoms with Gasteiger partial charge >= 0.3 is 29.6 Å². The molecule has 1 fully saturated rings. The van der Waals surface area contributed by atoms with Gasteiger partial charge < -0.3 is 14.3 Å². The quantitative estimate of drug-likeness (QED) is 0.0980. The van der Waals surface area contributed by atoms with E-state index in [-0.39, 0.29) is 54.7 Å². The SMILES string of the molecule is CC(C)C(OCCC=O)OP(=O)(C[C-]=O)CCCC(c1ccccc1)C1CCCCC1.[Na+]. The normalized spacial score (nSPS) is 18.3. The van der Waals surface area contributed by atoms with Gasteiger partial charge in [0.1, 0.15) is 6.29 Å². The molecule has 32 heavy (non-hydrogen) atoms. The zero-order chi connectivity index (χ0) is 22.5. The molecule has 7 heteroatoms. The van der Waals surface area contributed by atoms with E-state index in [0.29, 0.717) is 18.0 Å². The fourth-order valence-corrected chi connectivity index (χ4v) is 6.38. The van der Waals surface area contributed by atoms with Crippen molar-refractivity contribution in [3.8, 4) is 0 Å². The number of carbonyl (C=O) groups is 1. The van der Waals surface area contributed by atoms with Crippen molar-refractivity contribution in [2.45, 2.75) is 77.4 Å². The maximum atomic E-state index is 13.4. The van der Waals surface area contributed by atoms with Crippen LogP contribution in [0.5, 0.6) is 0 Å². The second-order valence-electron chi connectivity index (χ2n) is 8.94. The third-order valence-corrected chi connectivity index (χ3v) is 8.32. The first-order valence-corrected chi connectivity index (χ1v) is 13.7. The number of ether oxygens (including phenoxy) is 1. The Kier molecular flexibility index (Phi) is 15.2. The van der Waals surface area contributed by atoms with Crippen LogP contribution in [0.3, 0.4) is 0 Å². The summed E-state index contributed by atoms with van der Waals surface area (Å²) in [5.41, 5.74) is 1.35. The maximum Gasteiger partial charge on any atom is 1.00 e. The van der Waals surface area contributed by atoms with Gasteiger partial charge in [0, 0.05) is 18.5 Å². The van der Waals surface area contributed by atoms with Crippen molar-refractivity contribution < 1.29 is 53.0 Å². The summed E-state index contributed by atoms with van der Waals surface area (Å²) in [5.74, 6) is 1.06.